The Kier molecular flexibility index (Phi) is 3.91. The van der Waals surface area contributed by atoms with Crippen molar-refractivity contribution in [2.45, 2.75) is 70.6 Å². The Bertz CT molecular complexity index is 586. The SMILES string of the molecule is CSC1C[C@H]2[C@@H]3C(C)N(C)C4=CC(=O)CC[C@]4(C)[C@@H]3CC[C@]2(C)C1. The number of allylic oxidation sites excluding steroid dienone is 2. The second-order valence-corrected chi connectivity index (χ2v) is 10.7. The van der Waals surface area contributed by atoms with E-state index in [4.69, 9.17) is 0 Å². The predicted octanol–water partition coefficient (Wildman–Crippen LogP) is 4.75. The number of fused-ring (bicyclic) bond motifs is 5. The van der Waals surface area contributed by atoms with E-state index in [0.717, 1.165) is 35.8 Å². The topological polar surface area (TPSA) is 20.3 Å². The largest absolute Gasteiger partial charge is 0.374 e. The molecule has 1 heterocycles. The van der Waals surface area contributed by atoms with Gasteiger partial charge in [-0.3, -0.25) is 4.79 Å². The summed E-state index contributed by atoms with van der Waals surface area (Å²) in [5.41, 5.74) is 2.11. The van der Waals surface area contributed by atoms with Crippen molar-refractivity contribution < 1.29 is 4.79 Å². The van der Waals surface area contributed by atoms with Crippen LogP contribution >= 0.6 is 11.8 Å². The Morgan fingerprint density at radius 3 is 2.71 bits per heavy atom. The van der Waals surface area contributed by atoms with E-state index in [1.165, 1.54) is 31.4 Å². The van der Waals surface area contributed by atoms with Crippen molar-refractivity contribution in [3.05, 3.63) is 11.8 Å². The Balaban J connectivity index is 1.75. The number of carbonyl (C=O) groups excluding carboxylic acids is 1. The van der Waals surface area contributed by atoms with Crippen LogP contribution in [0.2, 0.25) is 0 Å². The number of carbonyl (C=O) groups is 1. The third-order valence-corrected chi connectivity index (χ3v) is 9.56. The van der Waals surface area contributed by atoms with Crippen LogP contribution in [-0.4, -0.2) is 35.3 Å². The number of piperidine rings is 1. The first-order chi connectivity index (χ1) is 11.3. The molecule has 2 unspecified atom stereocenters. The van der Waals surface area contributed by atoms with E-state index in [2.05, 4.69) is 50.7 Å². The molecule has 3 aliphatic carbocycles. The number of hydrogen-bond acceptors (Lipinski definition) is 3. The van der Waals surface area contributed by atoms with Gasteiger partial charge in [-0.25, -0.2) is 0 Å². The molecule has 24 heavy (non-hydrogen) atoms. The zero-order valence-corrected chi connectivity index (χ0v) is 16.8. The Morgan fingerprint density at radius 2 is 2.00 bits per heavy atom. The Hall–Kier alpha value is -0.440. The summed E-state index contributed by atoms with van der Waals surface area (Å²) in [7, 11) is 2.25. The summed E-state index contributed by atoms with van der Waals surface area (Å²) in [4.78, 5) is 14.6. The molecule has 134 valence electrons. The van der Waals surface area contributed by atoms with Crippen molar-refractivity contribution in [1.29, 1.82) is 0 Å². The van der Waals surface area contributed by atoms with Crippen LogP contribution in [0.1, 0.15) is 59.3 Å². The van der Waals surface area contributed by atoms with Gasteiger partial charge in [0, 0.05) is 41.9 Å². The fourth-order valence-corrected chi connectivity index (χ4v) is 7.99. The molecule has 0 aromatic carbocycles. The van der Waals surface area contributed by atoms with E-state index in [1.54, 1.807) is 0 Å². The summed E-state index contributed by atoms with van der Waals surface area (Å²) in [6.07, 6.45) is 11.7. The maximum absolute atomic E-state index is 12.1. The molecule has 1 saturated heterocycles. The number of hydrogen-bond donors (Lipinski definition) is 0. The molecular weight excluding hydrogens is 314 g/mol. The summed E-state index contributed by atoms with van der Waals surface area (Å²) in [5, 5.41) is 0.855. The van der Waals surface area contributed by atoms with E-state index in [-0.39, 0.29) is 5.41 Å². The van der Waals surface area contributed by atoms with Crippen molar-refractivity contribution in [2.24, 2.45) is 28.6 Å². The van der Waals surface area contributed by atoms with Crippen molar-refractivity contribution in [1.82, 2.24) is 4.90 Å². The lowest BCUT2D eigenvalue weighted by molar-refractivity contribution is -0.121. The second kappa shape index (κ2) is 5.53. The predicted molar refractivity (Wildman–Crippen MR) is 102 cm³/mol. The van der Waals surface area contributed by atoms with E-state index in [1.807, 2.05) is 6.08 Å². The number of rotatable bonds is 1. The highest BCUT2D eigenvalue weighted by atomic mass is 32.2. The summed E-state index contributed by atoms with van der Waals surface area (Å²) in [5.74, 6) is 2.76. The number of likely N-dealkylation sites (tertiary alicyclic amines) is 1. The molecule has 2 saturated carbocycles. The summed E-state index contributed by atoms with van der Waals surface area (Å²) < 4.78 is 0. The summed E-state index contributed by atoms with van der Waals surface area (Å²) in [6.45, 7) is 7.47. The van der Waals surface area contributed by atoms with E-state index in [9.17, 15) is 4.79 Å². The lowest BCUT2D eigenvalue weighted by Gasteiger charge is -2.62. The van der Waals surface area contributed by atoms with Gasteiger partial charge in [-0.15, -0.1) is 0 Å². The van der Waals surface area contributed by atoms with Gasteiger partial charge in [0.05, 0.1) is 0 Å². The normalized spacial score (nSPS) is 50.9. The van der Waals surface area contributed by atoms with Crippen molar-refractivity contribution in [2.75, 3.05) is 13.3 Å². The summed E-state index contributed by atoms with van der Waals surface area (Å²) >= 11 is 2.09. The molecule has 3 heteroatoms. The third kappa shape index (κ3) is 2.19. The quantitative estimate of drug-likeness (QED) is 0.683. The van der Waals surface area contributed by atoms with Crippen LogP contribution in [0, 0.1) is 28.6 Å². The lowest BCUT2D eigenvalue weighted by Crippen LogP contribution is -2.60. The van der Waals surface area contributed by atoms with Crippen LogP contribution in [0.4, 0.5) is 0 Å². The highest BCUT2D eigenvalue weighted by molar-refractivity contribution is 7.99. The van der Waals surface area contributed by atoms with E-state index < -0.39 is 0 Å². The molecule has 0 aromatic rings. The average Bonchev–Trinajstić information content (AvgIpc) is 2.90. The van der Waals surface area contributed by atoms with Gasteiger partial charge in [-0.05, 0) is 68.5 Å². The Morgan fingerprint density at radius 1 is 1.25 bits per heavy atom. The summed E-state index contributed by atoms with van der Waals surface area (Å²) in [6, 6.07) is 0.561. The highest BCUT2D eigenvalue weighted by Crippen LogP contribution is 2.66. The zero-order chi connectivity index (χ0) is 17.3. The molecule has 0 aromatic heterocycles. The van der Waals surface area contributed by atoms with Gasteiger partial charge in [-0.1, -0.05) is 13.8 Å². The van der Waals surface area contributed by atoms with Gasteiger partial charge in [0.1, 0.15) is 0 Å². The van der Waals surface area contributed by atoms with Gasteiger partial charge < -0.3 is 4.90 Å². The maximum atomic E-state index is 12.1. The van der Waals surface area contributed by atoms with Gasteiger partial charge in [0.15, 0.2) is 5.78 Å². The average molecular weight is 348 g/mol. The minimum absolute atomic E-state index is 0.221. The van der Waals surface area contributed by atoms with E-state index >= 15 is 0 Å². The van der Waals surface area contributed by atoms with Gasteiger partial charge in [0.25, 0.3) is 0 Å². The van der Waals surface area contributed by atoms with Gasteiger partial charge >= 0.3 is 0 Å². The molecule has 3 fully saturated rings. The zero-order valence-electron chi connectivity index (χ0n) is 16.0. The molecule has 0 radical (unpaired) electrons. The molecule has 4 aliphatic rings. The standard InChI is InChI=1S/C21H33NOS/c1-13-19-16(7-8-20(2)12-15(24-5)11-17(19)20)21(3)9-6-14(23)10-18(21)22(13)4/h10,13,15-17,19H,6-9,11-12H2,1-5H3/t13?,15?,16-,17+,19-,20-,21-/m1/s1. The minimum atomic E-state index is 0.221. The molecule has 0 bridgehead atoms. The number of thioether (sulfide) groups is 1. The maximum Gasteiger partial charge on any atom is 0.157 e. The van der Waals surface area contributed by atoms with Gasteiger partial charge in [-0.2, -0.15) is 11.8 Å². The molecule has 1 aliphatic heterocycles. The lowest BCUT2D eigenvalue weighted by atomic mass is 9.49. The van der Waals surface area contributed by atoms with Crippen molar-refractivity contribution >= 4 is 17.5 Å². The molecule has 4 rings (SSSR count). The van der Waals surface area contributed by atoms with Gasteiger partial charge in [0.2, 0.25) is 0 Å². The number of nitrogens with zero attached hydrogens (tertiary/aromatic N) is 1. The number of ketones is 1. The van der Waals surface area contributed by atoms with Crippen molar-refractivity contribution in [3.8, 4) is 0 Å². The van der Waals surface area contributed by atoms with Crippen LogP contribution in [0.25, 0.3) is 0 Å². The third-order valence-electron chi connectivity index (χ3n) is 8.53. The Labute approximate surface area is 151 Å². The minimum Gasteiger partial charge on any atom is -0.374 e. The first-order valence-corrected chi connectivity index (χ1v) is 11.1. The fraction of sp³-hybridized carbons (Fsp3) is 0.857. The van der Waals surface area contributed by atoms with E-state index in [0.29, 0.717) is 17.2 Å². The van der Waals surface area contributed by atoms with Crippen LogP contribution in [-0.2, 0) is 4.79 Å². The second-order valence-electron chi connectivity index (χ2n) is 9.55. The first-order valence-electron chi connectivity index (χ1n) is 9.81. The molecule has 0 spiro atoms. The van der Waals surface area contributed by atoms with Crippen LogP contribution < -0.4 is 0 Å². The van der Waals surface area contributed by atoms with Crippen LogP contribution in [0.3, 0.4) is 0 Å². The molecule has 0 N–H and O–H groups in total. The molecule has 2 nitrogen and oxygen atoms in total. The van der Waals surface area contributed by atoms with Crippen LogP contribution in [0.15, 0.2) is 11.8 Å². The first kappa shape index (κ1) is 17.0. The fourth-order valence-electron chi connectivity index (χ4n) is 7.04. The highest BCUT2D eigenvalue weighted by Gasteiger charge is 2.60. The smallest absolute Gasteiger partial charge is 0.157 e. The monoisotopic (exact) mass is 347 g/mol. The van der Waals surface area contributed by atoms with Crippen LogP contribution in [0.5, 0.6) is 0 Å². The van der Waals surface area contributed by atoms with Crippen molar-refractivity contribution in [3.63, 3.8) is 0 Å². The molecule has 0 amide bonds. The molecular formula is C21H33NOS. The molecule has 7 atom stereocenters.